The van der Waals surface area contributed by atoms with Gasteiger partial charge in [0.2, 0.25) is 0 Å². The number of hydrogen-bond acceptors (Lipinski definition) is 4. The molecule has 0 fully saturated rings. The number of aliphatic carboxylic acids is 1. The number of carboxylic acids is 1. The normalized spacial score (nSPS) is 20.6. The summed E-state index contributed by atoms with van der Waals surface area (Å²) in [7, 11) is -3.84. The highest BCUT2D eigenvalue weighted by Gasteiger charge is 2.42. The largest absolute Gasteiger partial charge is 0.481 e. The molecule has 0 amide bonds. The van der Waals surface area contributed by atoms with Crippen molar-refractivity contribution in [2.75, 3.05) is 5.75 Å². The highest BCUT2D eigenvalue weighted by molar-refractivity contribution is 8.03. The molecule has 0 radical (unpaired) electrons. The summed E-state index contributed by atoms with van der Waals surface area (Å²) in [4.78, 5) is 12.3. The van der Waals surface area contributed by atoms with Gasteiger partial charge in [-0.2, -0.15) is 0 Å². The molecule has 1 aliphatic carbocycles. The van der Waals surface area contributed by atoms with Crippen LogP contribution in [-0.2, 0) is 13.6 Å². The van der Waals surface area contributed by atoms with Gasteiger partial charge in [0.1, 0.15) is 0 Å². The average molecular weight is 613 g/mol. The van der Waals surface area contributed by atoms with Gasteiger partial charge in [-0.25, -0.2) is 0 Å². The standard InChI is InChI=1S/C33H64O4SSi2/c1-13-14-18-26(2)25-27(36-39(9,10)32(3,4)5)20-21-28-29(37-40(11,12)33(6,7)8)22-23-30(28)38-24-17-15-16-19-31(34)35/h20-21,23,26-29H,13-19,22,24-25H2,1-12H3,(H,34,35)/b21-20+/t26-,27-,28+,29-/m1/s1. The maximum absolute atomic E-state index is 10.9. The molecule has 0 bridgehead atoms. The molecule has 0 saturated heterocycles. The Morgan fingerprint density at radius 3 is 2.23 bits per heavy atom. The van der Waals surface area contributed by atoms with Crippen LogP contribution in [-0.4, -0.2) is 45.7 Å². The van der Waals surface area contributed by atoms with E-state index in [9.17, 15) is 4.79 Å². The van der Waals surface area contributed by atoms with Crippen LogP contribution in [0.25, 0.3) is 0 Å². The van der Waals surface area contributed by atoms with E-state index in [0.717, 1.165) is 37.9 Å². The van der Waals surface area contributed by atoms with Gasteiger partial charge in [-0.3, -0.25) is 4.79 Å². The second-order valence-electron chi connectivity index (χ2n) is 15.1. The van der Waals surface area contributed by atoms with Crippen molar-refractivity contribution in [1.29, 1.82) is 0 Å². The molecule has 0 saturated carbocycles. The lowest BCUT2D eigenvalue weighted by Gasteiger charge is -2.40. The Hall–Kier alpha value is -0.346. The Labute approximate surface area is 254 Å². The minimum absolute atomic E-state index is 0.129. The number of rotatable bonds is 18. The molecule has 0 unspecified atom stereocenters. The summed E-state index contributed by atoms with van der Waals surface area (Å²) < 4.78 is 14.1. The number of hydrogen-bond donors (Lipinski definition) is 1. The van der Waals surface area contributed by atoms with Gasteiger partial charge in [0.25, 0.3) is 0 Å². The van der Waals surface area contributed by atoms with Crippen LogP contribution in [0.3, 0.4) is 0 Å². The Morgan fingerprint density at radius 1 is 1.05 bits per heavy atom. The van der Waals surface area contributed by atoms with Crippen molar-refractivity contribution in [1.82, 2.24) is 0 Å². The van der Waals surface area contributed by atoms with E-state index in [1.807, 2.05) is 11.8 Å². The second-order valence-corrected chi connectivity index (χ2v) is 25.8. The lowest BCUT2D eigenvalue weighted by atomic mass is 9.96. The van der Waals surface area contributed by atoms with Gasteiger partial charge in [0.15, 0.2) is 16.6 Å². The maximum atomic E-state index is 10.9. The summed E-state index contributed by atoms with van der Waals surface area (Å²) in [6.07, 6.45) is 16.4. The highest BCUT2D eigenvalue weighted by atomic mass is 32.2. The molecule has 1 aliphatic rings. The number of unbranched alkanes of at least 4 members (excludes halogenated alkanes) is 3. The van der Waals surface area contributed by atoms with Crippen molar-refractivity contribution in [2.24, 2.45) is 11.8 Å². The Bertz CT molecular complexity index is 823. The lowest BCUT2D eigenvalue weighted by molar-refractivity contribution is -0.137. The zero-order valence-electron chi connectivity index (χ0n) is 28.2. The van der Waals surface area contributed by atoms with Gasteiger partial charge in [-0.1, -0.05) is 99.3 Å². The van der Waals surface area contributed by atoms with Crippen LogP contribution in [0.4, 0.5) is 0 Å². The molecule has 0 heterocycles. The smallest absolute Gasteiger partial charge is 0.303 e. The molecule has 0 spiro atoms. The maximum Gasteiger partial charge on any atom is 0.303 e. The number of thioether (sulfide) groups is 1. The van der Waals surface area contributed by atoms with Crippen molar-refractivity contribution in [3.05, 3.63) is 23.1 Å². The van der Waals surface area contributed by atoms with Gasteiger partial charge in [-0.05, 0) is 78.5 Å². The van der Waals surface area contributed by atoms with Crippen molar-refractivity contribution in [3.63, 3.8) is 0 Å². The molecule has 234 valence electrons. The van der Waals surface area contributed by atoms with E-state index in [1.165, 1.54) is 24.2 Å². The Balaban J connectivity index is 3.15. The molecular formula is C33H64O4SSi2. The summed E-state index contributed by atoms with van der Waals surface area (Å²) in [5.41, 5.74) is 0. The van der Waals surface area contributed by atoms with E-state index in [1.54, 1.807) is 0 Å². The first-order valence-electron chi connectivity index (χ1n) is 15.9. The monoisotopic (exact) mass is 612 g/mol. The van der Waals surface area contributed by atoms with Crippen LogP contribution >= 0.6 is 11.8 Å². The van der Waals surface area contributed by atoms with E-state index in [4.69, 9.17) is 14.0 Å². The molecule has 40 heavy (non-hydrogen) atoms. The van der Waals surface area contributed by atoms with Gasteiger partial charge in [0.05, 0.1) is 12.2 Å². The number of carbonyl (C=O) groups is 1. The fraction of sp³-hybridized carbons (Fsp3) is 0.848. The molecule has 0 aromatic rings. The molecule has 0 aliphatic heterocycles. The van der Waals surface area contributed by atoms with E-state index < -0.39 is 22.6 Å². The van der Waals surface area contributed by atoms with Gasteiger partial charge in [0, 0.05) is 12.3 Å². The van der Waals surface area contributed by atoms with E-state index in [-0.39, 0.29) is 34.6 Å². The van der Waals surface area contributed by atoms with Crippen LogP contribution in [0.1, 0.15) is 113 Å². The predicted molar refractivity (Wildman–Crippen MR) is 181 cm³/mol. The number of carboxylic acid groups (broad SMARTS) is 1. The summed E-state index contributed by atoms with van der Waals surface area (Å²) in [6.45, 7) is 28.1. The molecule has 4 atom stereocenters. The summed E-state index contributed by atoms with van der Waals surface area (Å²) >= 11 is 1.95. The van der Waals surface area contributed by atoms with Crippen LogP contribution in [0.2, 0.25) is 36.3 Å². The third-order valence-corrected chi connectivity index (χ3v) is 19.6. The molecule has 0 aromatic carbocycles. The van der Waals surface area contributed by atoms with Crippen LogP contribution in [0.15, 0.2) is 23.1 Å². The summed E-state index contributed by atoms with van der Waals surface area (Å²) in [5, 5.41) is 9.28. The topological polar surface area (TPSA) is 55.8 Å². The summed E-state index contributed by atoms with van der Waals surface area (Å²) in [6, 6.07) is 0. The van der Waals surface area contributed by atoms with E-state index >= 15 is 0 Å². The third-order valence-electron chi connectivity index (χ3n) is 9.31. The average Bonchev–Trinajstić information content (AvgIpc) is 3.16. The zero-order chi connectivity index (χ0) is 30.8. The SMILES string of the molecule is CCCC[C@@H](C)C[C@@H](/C=C/[C@@H]1C(SCCCCCC(=O)O)=CC[C@H]1O[Si](C)(C)C(C)(C)C)O[Si](C)(C)C(C)(C)C. The Kier molecular flexibility index (Phi) is 15.5. The molecule has 0 aromatic heterocycles. The minimum atomic E-state index is -1.92. The first-order chi connectivity index (χ1) is 18.3. The van der Waals surface area contributed by atoms with Crippen molar-refractivity contribution in [2.45, 2.75) is 162 Å². The molecule has 7 heteroatoms. The van der Waals surface area contributed by atoms with Crippen LogP contribution < -0.4 is 0 Å². The zero-order valence-corrected chi connectivity index (χ0v) is 31.0. The molecule has 1 N–H and O–H groups in total. The van der Waals surface area contributed by atoms with E-state index in [2.05, 4.69) is 99.8 Å². The molecule has 4 nitrogen and oxygen atoms in total. The summed E-state index contributed by atoms with van der Waals surface area (Å²) in [5.74, 6) is 1.23. The van der Waals surface area contributed by atoms with Gasteiger partial charge >= 0.3 is 5.97 Å². The quantitative estimate of drug-likeness (QED) is 0.0948. The van der Waals surface area contributed by atoms with Gasteiger partial charge in [-0.15, -0.1) is 11.8 Å². The lowest BCUT2D eigenvalue weighted by Crippen LogP contribution is -2.45. The Morgan fingerprint density at radius 2 is 1.68 bits per heavy atom. The molecular weight excluding hydrogens is 549 g/mol. The minimum Gasteiger partial charge on any atom is -0.481 e. The second kappa shape index (κ2) is 16.5. The third kappa shape index (κ3) is 12.9. The first-order valence-corrected chi connectivity index (χ1v) is 22.7. The van der Waals surface area contributed by atoms with Crippen molar-refractivity contribution in [3.8, 4) is 0 Å². The first kappa shape index (κ1) is 37.7. The van der Waals surface area contributed by atoms with Crippen molar-refractivity contribution >= 4 is 34.4 Å². The molecule has 1 rings (SSSR count). The van der Waals surface area contributed by atoms with Crippen LogP contribution in [0.5, 0.6) is 0 Å². The fourth-order valence-electron chi connectivity index (χ4n) is 4.53. The fourth-order valence-corrected chi connectivity index (χ4v) is 8.39. The van der Waals surface area contributed by atoms with Crippen molar-refractivity contribution < 1.29 is 18.8 Å². The van der Waals surface area contributed by atoms with Gasteiger partial charge < -0.3 is 14.0 Å². The van der Waals surface area contributed by atoms with E-state index in [0.29, 0.717) is 5.92 Å². The highest BCUT2D eigenvalue weighted by Crippen LogP contribution is 2.44. The predicted octanol–water partition coefficient (Wildman–Crippen LogP) is 10.8. The van der Waals surface area contributed by atoms with Crippen LogP contribution in [0, 0.1) is 11.8 Å².